The van der Waals surface area contributed by atoms with E-state index in [1.807, 2.05) is 47.4 Å². The lowest BCUT2D eigenvalue weighted by Crippen LogP contribution is -2.35. The summed E-state index contributed by atoms with van der Waals surface area (Å²) < 4.78 is 5.23. The van der Waals surface area contributed by atoms with Crippen LogP contribution in [0.25, 0.3) is 0 Å². The van der Waals surface area contributed by atoms with Crippen molar-refractivity contribution >= 4 is 11.6 Å². The van der Waals surface area contributed by atoms with Crippen molar-refractivity contribution in [3.05, 3.63) is 59.7 Å². The molecular formula is C22H29N3O2. The highest BCUT2D eigenvalue weighted by Crippen LogP contribution is 2.16. The van der Waals surface area contributed by atoms with Gasteiger partial charge in [-0.2, -0.15) is 0 Å². The summed E-state index contributed by atoms with van der Waals surface area (Å²) in [4.78, 5) is 14.6. The van der Waals surface area contributed by atoms with Gasteiger partial charge in [0.1, 0.15) is 5.75 Å². The number of amides is 1. The summed E-state index contributed by atoms with van der Waals surface area (Å²) in [6.07, 6.45) is 3.47. The van der Waals surface area contributed by atoms with Crippen LogP contribution in [-0.2, 0) is 6.54 Å². The molecule has 0 aliphatic carbocycles. The summed E-state index contributed by atoms with van der Waals surface area (Å²) in [6, 6.07) is 15.9. The Hall–Kier alpha value is -2.53. The van der Waals surface area contributed by atoms with Crippen LogP contribution in [0, 0.1) is 0 Å². The zero-order valence-electron chi connectivity index (χ0n) is 16.0. The van der Waals surface area contributed by atoms with E-state index >= 15 is 0 Å². The minimum Gasteiger partial charge on any atom is -0.497 e. The Morgan fingerprint density at radius 3 is 2.67 bits per heavy atom. The Bertz CT molecular complexity index is 742. The first kappa shape index (κ1) is 19.2. The molecule has 1 aliphatic rings. The van der Waals surface area contributed by atoms with E-state index in [0.29, 0.717) is 0 Å². The number of nitrogens with one attached hydrogen (secondary N) is 2. The summed E-state index contributed by atoms with van der Waals surface area (Å²) >= 11 is 0. The fourth-order valence-corrected chi connectivity index (χ4v) is 3.35. The van der Waals surface area contributed by atoms with Crippen molar-refractivity contribution in [3.63, 3.8) is 0 Å². The maximum atomic E-state index is 12.6. The van der Waals surface area contributed by atoms with Gasteiger partial charge in [-0.1, -0.05) is 18.2 Å². The zero-order chi connectivity index (χ0) is 18.9. The van der Waals surface area contributed by atoms with Crippen LogP contribution < -0.4 is 15.4 Å². The Morgan fingerprint density at radius 1 is 1.04 bits per heavy atom. The molecule has 5 nitrogen and oxygen atoms in total. The molecular weight excluding hydrogens is 338 g/mol. The van der Waals surface area contributed by atoms with E-state index in [1.54, 1.807) is 7.11 Å². The molecule has 1 aliphatic heterocycles. The van der Waals surface area contributed by atoms with Gasteiger partial charge >= 0.3 is 0 Å². The molecule has 2 N–H and O–H groups in total. The molecule has 0 atom stereocenters. The quantitative estimate of drug-likeness (QED) is 0.701. The van der Waals surface area contributed by atoms with Gasteiger partial charge in [-0.15, -0.1) is 0 Å². The van der Waals surface area contributed by atoms with Crippen LogP contribution in [0.5, 0.6) is 5.75 Å². The first-order chi connectivity index (χ1) is 13.3. The topological polar surface area (TPSA) is 53.6 Å². The van der Waals surface area contributed by atoms with Gasteiger partial charge in [0, 0.05) is 50.0 Å². The van der Waals surface area contributed by atoms with Gasteiger partial charge in [-0.25, -0.2) is 0 Å². The lowest BCUT2D eigenvalue weighted by molar-refractivity contribution is 0.0724. The smallest absolute Gasteiger partial charge is 0.253 e. The summed E-state index contributed by atoms with van der Waals surface area (Å²) in [7, 11) is 1.67. The number of ether oxygens (including phenoxy) is 1. The number of nitrogens with zero attached hydrogens (tertiary/aromatic N) is 1. The van der Waals surface area contributed by atoms with Crippen LogP contribution in [0.4, 0.5) is 5.69 Å². The normalized spacial score (nSPS) is 14.0. The van der Waals surface area contributed by atoms with Crippen LogP contribution in [0.2, 0.25) is 0 Å². The molecule has 0 bridgehead atoms. The van der Waals surface area contributed by atoms with Crippen molar-refractivity contribution in [1.82, 2.24) is 10.2 Å². The van der Waals surface area contributed by atoms with Gasteiger partial charge in [0.25, 0.3) is 5.91 Å². The Kier molecular flexibility index (Phi) is 7.11. The molecule has 0 saturated carbocycles. The second kappa shape index (κ2) is 9.97. The summed E-state index contributed by atoms with van der Waals surface area (Å²) in [6.45, 7) is 4.18. The van der Waals surface area contributed by atoms with E-state index in [2.05, 4.69) is 16.7 Å². The maximum Gasteiger partial charge on any atom is 0.253 e. The van der Waals surface area contributed by atoms with E-state index in [0.717, 1.165) is 68.1 Å². The number of carbonyl (C=O) groups excluding carboxylic acids is 1. The summed E-state index contributed by atoms with van der Waals surface area (Å²) in [5, 5.41) is 6.80. The van der Waals surface area contributed by atoms with Gasteiger partial charge in [-0.05, 0) is 49.1 Å². The number of carbonyl (C=O) groups is 1. The Balaban J connectivity index is 1.43. The lowest BCUT2D eigenvalue weighted by Gasteiger charge is -2.26. The molecule has 27 heavy (non-hydrogen) atoms. The van der Waals surface area contributed by atoms with Crippen LogP contribution in [0.15, 0.2) is 48.5 Å². The first-order valence-electron chi connectivity index (χ1n) is 9.73. The molecule has 0 unspecified atom stereocenters. The zero-order valence-corrected chi connectivity index (χ0v) is 16.0. The van der Waals surface area contributed by atoms with Gasteiger partial charge in [0.15, 0.2) is 0 Å². The van der Waals surface area contributed by atoms with E-state index < -0.39 is 0 Å². The number of likely N-dealkylation sites (tertiary alicyclic amines) is 1. The molecule has 0 spiro atoms. The molecule has 0 aromatic heterocycles. The number of hydrogen-bond acceptors (Lipinski definition) is 4. The highest BCUT2D eigenvalue weighted by Gasteiger charge is 2.18. The molecule has 144 valence electrons. The van der Waals surface area contributed by atoms with Gasteiger partial charge in [0.05, 0.1) is 7.11 Å². The predicted molar refractivity (Wildman–Crippen MR) is 109 cm³/mol. The SMILES string of the molecule is COc1cccc(NCCNCc2cccc(C(=O)N3CCCCC3)c2)c1. The predicted octanol–water partition coefficient (Wildman–Crippen LogP) is 3.52. The lowest BCUT2D eigenvalue weighted by atomic mass is 10.1. The van der Waals surface area contributed by atoms with Crippen LogP contribution >= 0.6 is 0 Å². The van der Waals surface area contributed by atoms with Crippen LogP contribution in [0.1, 0.15) is 35.2 Å². The molecule has 1 heterocycles. The van der Waals surface area contributed by atoms with E-state index in [-0.39, 0.29) is 5.91 Å². The van der Waals surface area contributed by atoms with E-state index in [1.165, 1.54) is 6.42 Å². The van der Waals surface area contributed by atoms with E-state index in [4.69, 9.17) is 4.74 Å². The number of anilines is 1. The molecule has 1 saturated heterocycles. The van der Waals surface area contributed by atoms with Crippen molar-refractivity contribution in [1.29, 1.82) is 0 Å². The molecule has 1 fully saturated rings. The van der Waals surface area contributed by atoms with Crippen molar-refractivity contribution in [2.45, 2.75) is 25.8 Å². The number of piperidine rings is 1. The van der Waals surface area contributed by atoms with Crippen LogP contribution in [0.3, 0.4) is 0 Å². The van der Waals surface area contributed by atoms with E-state index in [9.17, 15) is 4.79 Å². The van der Waals surface area contributed by atoms with Crippen molar-refractivity contribution < 1.29 is 9.53 Å². The molecule has 0 radical (unpaired) electrons. The highest BCUT2D eigenvalue weighted by atomic mass is 16.5. The number of benzene rings is 2. The Morgan fingerprint density at radius 2 is 1.85 bits per heavy atom. The first-order valence-corrected chi connectivity index (χ1v) is 9.73. The van der Waals surface area contributed by atoms with Crippen molar-refractivity contribution in [2.75, 3.05) is 38.6 Å². The molecule has 1 amide bonds. The summed E-state index contributed by atoms with van der Waals surface area (Å²) in [5.41, 5.74) is 2.98. The minimum atomic E-state index is 0.163. The number of hydrogen-bond donors (Lipinski definition) is 2. The van der Waals surface area contributed by atoms with Crippen molar-refractivity contribution in [2.24, 2.45) is 0 Å². The average Bonchev–Trinajstić information content (AvgIpc) is 2.74. The van der Waals surface area contributed by atoms with Gasteiger partial charge in [-0.3, -0.25) is 4.79 Å². The fraction of sp³-hybridized carbons (Fsp3) is 0.409. The molecule has 2 aromatic rings. The summed E-state index contributed by atoms with van der Waals surface area (Å²) in [5.74, 6) is 1.01. The Labute approximate surface area is 161 Å². The maximum absolute atomic E-state index is 12.6. The largest absolute Gasteiger partial charge is 0.497 e. The number of rotatable bonds is 8. The fourth-order valence-electron chi connectivity index (χ4n) is 3.35. The average molecular weight is 367 g/mol. The second-order valence-corrected chi connectivity index (χ2v) is 6.89. The third kappa shape index (κ3) is 5.73. The number of methoxy groups -OCH3 is 1. The molecule has 5 heteroatoms. The standard InChI is InChI=1S/C22H29N3O2/c1-27-21-10-6-9-20(16-21)24-12-11-23-17-18-7-5-8-19(15-18)22(26)25-13-3-2-4-14-25/h5-10,15-16,23-24H,2-4,11-14,17H2,1H3. The molecule has 2 aromatic carbocycles. The third-order valence-electron chi connectivity index (χ3n) is 4.85. The third-order valence-corrected chi connectivity index (χ3v) is 4.85. The molecule has 3 rings (SSSR count). The van der Waals surface area contributed by atoms with Crippen molar-refractivity contribution in [3.8, 4) is 5.75 Å². The highest BCUT2D eigenvalue weighted by molar-refractivity contribution is 5.94. The monoisotopic (exact) mass is 367 g/mol. The van der Waals surface area contributed by atoms with Crippen LogP contribution in [-0.4, -0.2) is 44.1 Å². The van der Waals surface area contributed by atoms with Gasteiger partial charge in [0.2, 0.25) is 0 Å². The minimum absolute atomic E-state index is 0.163. The van der Waals surface area contributed by atoms with Gasteiger partial charge < -0.3 is 20.3 Å². The second-order valence-electron chi connectivity index (χ2n) is 6.89.